The Balaban J connectivity index is 0.685. The number of anilines is 1. The summed E-state index contributed by atoms with van der Waals surface area (Å²) in [5.74, 6) is -2.07. The second-order valence-electron chi connectivity index (χ2n) is 20.9. The number of benzene rings is 4. The van der Waals surface area contributed by atoms with E-state index >= 15 is 8.78 Å². The number of ether oxygens (including phenoxy) is 2. The summed E-state index contributed by atoms with van der Waals surface area (Å²) in [7, 11) is 3.20. The topological polar surface area (TPSA) is 164 Å². The van der Waals surface area contributed by atoms with Crippen LogP contribution in [0.3, 0.4) is 0 Å². The van der Waals surface area contributed by atoms with Crippen molar-refractivity contribution in [1.29, 1.82) is 0 Å². The lowest BCUT2D eigenvalue weighted by molar-refractivity contribution is -0.142. The number of piperidine rings is 1. The molecule has 1 aromatic heterocycles. The summed E-state index contributed by atoms with van der Waals surface area (Å²) in [6, 6.07) is 20.2. The number of likely N-dealkylation sites (tertiary alicyclic amines) is 2. The number of hydrogen-bond acceptors (Lipinski definition) is 9. The molecule has 0 radical (unpaired) electrons. The van der Waals surface area contributed by atoms with Crippen molar-refractivity contribution in [1.82, 2.24) is 30.2 Å². The first-order valence-electron chi connectivity index (χ1n) is 24.9. The molecule has 0 bridgehead atoms. The molecule has 5 fully saturated rings. The Morgan fingerprint density at radius 1 is 0.972 bits per heavy atom. The van der Waals surface area contributed by atoms with Gasteiger partial charge in [-0.25, -0.2) is 13.6 Å². The van der Waals surface area contributed by atoms with Gasteiger partial charge in [-0.2, -0.15) is 5.10 Å². The number of methoxy groups -OCH3 is 1. The van der Waals surface area contributed by atoms with Crippen LogP contribution in [0.15, 0.2) is 66.7 Å². The Morgan fingerprint density at radius 2 is 1.70 bits per heavy atom. The molecular formula is C54H59ClF2N8O6. The first kappa shape index (κ1) is 47.2. The number of primary amides is 1. The fraction of sp³-hybridized carbons (Fsp3) is 0.463. The van der Waals surface area contributed by atoms with Gasteiger partial charge in [-0.15, -0.1) is 0 Å². The van der Waals surface area contributed by atoms with E-state index in [4.69, 9.17) is 26.8 Å². The number of aryl methyl sites for hydroxylation is 1. The quantitative estimate of drug-likeness (QED) is 0.119. The smallest absolute Gasteiger partial charge is 0.329 e. The van der Waals surface area contributed by atoms with Gasteiger partial charge in [0, 0.05) is 111 Å². The first-order chi connectivity index (χ1) is 34.2. The van der Waals surface area contributed by atoms with E-state index in [9.17, 15) is 19.2 Å². The minimum atomic E-state index is -1.06. The van der Waals surface area contributed by atoms with Crippen molar-refractivity contribution in [2.24, 2.45) is 24.1 Å². The molecule has 11 rings (SSSR count). The van der Waals surface area contributed by atoms with Crippen LogP contribution in [0.2, 0.25) is 5.02 Å². The number of fused-ring (bicyclic) bond motifs is 2. The molecule has 5 heterocycles. The Hall–Kier alpha value is -6.10. The predicted octanol–water partition coefficient (Wildman–Crippen LogP) is 8.14. The second kappa shape index (κ2) is 18.2. The largest absolute Gasteiger partial charge is 0.494 e. The molecule has 3 saturated heterocycles. The monoisotopic (exact) mass is 988 g/mol. The molecule has 5 aromatic rings. The molecular weight excluding hydrogens is 930 g/mol. The molecule has 372 valence electrons. The number of aromatic nitrogens is 2. The molecule has 4 N–H and O–H groups in total. The van der Waals surface area contributed by atoms with Crippen molar-refractivity contribution >= 4 is 52.1 Å². The standard InChI is InChI=1S/C54H59ClF2N8O6/c1-30-44-42(24-39(56)47(55)46(44)45-38(49(58)67)15-16-41(70-3)48(45)57)71-54(30,34-7-5-4-6-8-34)29-59-35-12-9-31(10-13-35)51(68)63-21-18-53(19-22-63)25-36(26-53)64-27-33(28-64)32-11-14-37-40(23-32)62(2)61-50(37)65-20-17-43(66)60-52(65)69/h4-8,11,14-16,23-24,30-31,33,35-36,59H,9-10,12-13,17-22,25-29H2,1-3H3,(H2,58,67)(H,60,66,69)/t30-,31?,35?,54-/m0/s1. The lowest BCUT2D eigenvalue weighted by atomic mass is 9.59. The second-order valence-corrected chi connectivity index (χ2v) is 21.2. The van der Waals surface area contributed by atoms with E-state index in [1.54, 1.807) is 4.90 Å². The molecule has 2 aliphatic carbocycles. The number of nitrogens with zero attached hydrogens (tertiary/aromatic N) is 5. The van der Waals surface area contributed by atoms with Crippen LogP contribution in [0, 0.1) is 23.0 Å². The molecule has 1 spiro atoms. The van der Waals surface area contributed by atoms with E-state index in [0.717, 1.165) is 81.2 Å². The summed E-state index contributed by atoms with van der Waals surface area (Å²) >= 11 is 6.71. The van der Waals surface area contributed by atoms with Crippen molar-refractivity contribution in [2.75, 3.05) is 51.3 Å². The summed E-state index contributed by atoms with van der Waals surface area (Å²) < 4.78 is 45.9. The highest BCUT2D eigenvalue weighted by Gasteiger charge is 2.52. The number of nitrogens with two attached hydrogens (primary N) is 1. The minimum absolute atomic E-state index is 0.00270. The molecule has 5 amide bonds. The third-order valence-corrected chi connectivity index (χ3v) is 17.4. The van der Waals surface area contributed by atoms with Crippen LogP contribution in [0.4, 0.5) is 19.4 Å². The van der Waals surface area contributed by atoms with Crippen LogP contribution >= 0.6 is 11.6 Å². The summed E-state index contributed by atoms with van der Waals surface area (Å²) in [5.41, 5.74) is 8.14. The molecule has 17 heteroatoms. The number of rotatable bonds is 11. The van der Waals surface area contributed by atoms with Gasteiger partial charge in [0.15, 0.2) is 23.0 Å². The zero-order chi connectivity index (χ0) is 49.5. The van der Waals surface area contributed by atoms with Crippen LogP contribution in [0.5, 0.6) is 11.5 Å². The number of imide groups is 1. The third kappa shape index (κ3) is 8.10. The Bertz CT molecular complexity index is 2960. The molecule has 14 nitrogen and oxygen atoms in total. The zero-order valence-electron chi connectivity index (χ0n) is 40.2. The fourth-order valence-electron chi connectivity index (χ4n) is 12.8. The SMILES string of the molecule is COc1ccc(C(N)=O)c(-c2c(Cl)c(F)cc3c2[C@H](C)[C@@](CNC2CCC(C(=O)N4CCC5(CC4)CC(N4CC(c6ccc7c(N8CCC(=O)NC8=O)nn(C)c7c6)C4)C5)CC2)(c2ccccc2)O3)c1F. The minimum Gasteiger partial charge on any atom is -0.494 e. The highest BCUT2D eigenvalue weighted by molar-refractivity contribution is 6.34. The molecule has 4 aromatic carbocycles. The van der Waals surface area contributed by atoms with E-state index in [1.165, 1.54) is 43.7 Å². The van der Waals surface area contributed by atoms with Crippen molar-refractivity contribution in [3.63, 3.8) is 0 Å². The number of amides is 5. The predicted molar refractivity (Wildman–Crippen MR) is 265 cm³/mol. The van der Waals surface area contributed by atoms with Gasteiger partial charge in [-0.3, -0.25) is 34.2 Å². The van der Waals surface area contributed by atoms with Crippen molar-refractivity contribution in [3.05, 3.63) is 106 Å². The Morgan fingerprint density at radius 3 is 2.39 bits per heavy atom. The average Bonchev–Trinajstić information content (AvgIpc) is 3.82. The zero-order valence-corrected chi connectivity index (χ0v) is 41.0. The van der Waals surface area contributed by atoms with Gasteiger partial charge in [0.05, 0.1) is 23.2 Å². The highest BCUT2D eigenvalue weighted by atomic mass is 35.5. The number of halogens is 3. The van der Waals surface area contributed by atoms with Crippen LogP contribution in [-0.2, 0) is 22.2 Å². The molecule has 71 heavy (non-hydrogen) atoms. The number of carbonyl (C=O) groups is 4. The van der Waals surface area contributed by atoms with Crippen LogP contribution in [-0.4, -0.2) is 102 Å². The van der Waals surface area contributed by atoms with E-state index in [2.05, 4.69) is 43.7 Å². The van der Waals surface area contributed by atoms with E-state index in [-0.39, 0.29) is 63.4 Å². The van der Waals surface area contributed by atoms with E-state index in [0.29, 0.717) is 41.8 Å². The van der Waals surface area contributed by atoms with Crippen LogP contribution in [0.25, 0.3) is 22.0 Å². The van der Waals surface area contributed by atoms with Gasteiger partial charge in [0.2, 0.25) is 17.7 Å². The van der Waals surface area contributed by atoms with E-state index < -0.39 is 35.1 Å². The molecule has 2 saturated carbocycles. The van der Waals surface area contributed by atoms with Gasteiger partial charge >= 0.3 is 6.03 Å². The highest BCUT2D eigenvalue weighted by Crippen LogP contribution is 2.57. The Labute approximate surface area is 416 Å². The maximum atomic E-state index is 16.2. The lowest BCUT2D eigenvalue weighted by Crippen LogP contribution is -2.60. The molecule has 2 atom stereocenters. The number of hydrogen-bond donors (Lipinski definition) is 3. The lowest BCUT2D eigenvalue weighted by Gasteiger charge is -2.58. The summed E-state index contributed by atoms with van der Waals surface area (Å²) in [6.07, 6.45) is 7.84. The van der Waals surface area contributed by atoms with Crippen molar-refractivity contribution in [2.45, 2.75) is 94.2 Å². The molecule has 0 unspecified atom stereocenters. The first-order valence-corrected chi connectivity index (χ1v) is 25.3. The number of nitrogens with one attached hydrogen (secondary N) is 2. The summed E-state index contributed by atoms with van der Waals surface area (Å²) in [4.78, 5) is 57.3. The van der Waals surface area contributed by atoms with Gasteiger partial charge in [-0.1, -0.05) is 54.9 Å². The molecule has 6 aliphatic rings. The van der Waals surface area contributed by atoms with Gasteiger partial charge in [0.1, 0.15) is 11.6 Å². The van der Waals surface area contributed by atoms with Gasteiger partial charge in [0.25, 0.3) is 0 Å². The fourth-order valence-corrected chi connectivity index (χ4v) is 13.0. The maximum Gasteiger partial charge on any atom is 0.329 e. The Kier molecular flexibility index (Phi) is 12.1. The molecule has 4 aliphatic heterocycles. The normalized spacial score (nSPS) is 24.6. The number of urea groups is 1. The van der Waals surface area contributed by atoms with Crippen LogP contribution < -0.4 is 30.7 Å². The van der Waals surface area contributed by atoms with Crippen LogP contribution in [0.1, 0.15) is 104 Å². The average molecular weight is 990 g/mol. The summed E-state index contributed by atoms with van der Waals surface area (Å²) in [6.45, 7) is 6.23. The third-order valence-electron chi connectivity index (χ3n) is 17.0. The van der Waals surface area contributed by atoms with E-state index in [1.807, 2.05) is 49.0 Å². The maximum absolute atomic E-state index is 16.2. The van der Waals surface area contributed by atoms with Crippen molar-refractivity contribution < 1.29 is 37.4 Å². The summed E-state index contributed by atoms with van der Waals surface area (Å²) in [5, 5.41) is 11.4. The number of carbonyl (C=O) groups excluding carboxylic acids is 4. The van der Waals surface area contributed by atoms with Gasteiger partial charge < -0.3 is 25.4 Å². The van der Waals surface area contributed by atoms with Gasteiger partial charge in [-0.05, 0) is 92.2 Å². The van der Waals surface area contributed by atoms with Crippen molar-refractivity contribution in [3.8, 4) is 22.6 Å².